The van der Waals surface area contributed by atoms with Crippen molar-refractivity contribution in [3.63, 3.8) is 0 Å². The molecule has 32 heavy (non-hydrogen) atoms. The highest BCUT2D eigenvalue weighted by Gasteiger charge is 2.17. The zero-order chi connectivity index (χ0) is 22.7. The van der Waals surface area contributed by atoms with Crippen LogP contribution in [0.1, 0.15) is 0 Å². The second kappa shape index (κ2) is 9.24. The Kier molecular flexibility index (Phi) is 6.23. The minimum Gasteiger partial charge on any atom is -0.493 e. The second-order valence-electron chi connectivity index (χ2n) is 6.94. The largest absolute Gasteiger partial charge is 0.493 e. The Morgan fingerprint density at radius 2 is 1.16 bits per heavy atom. The Bertz CT molecular complexity index is 1240. The van der Waals surface area contributed by atoms with Crippen LogP contribution in [0.5, 0.6) is 23.0 Å². The summed E-state index contributed by atoms with van der Waals surface area (Å²) in [6.45, 7) is 0. The Balaban J connectivity index is 1.89. The molecule has 0 aliphatic rings. The van der Waals surface area contributed by atoms with Crippen LogP contribution in [0.15, 0.2) is 66.7 Å². The third-order valence-corrected chi connectivity index (χ3v) is 5.39. The van der Waals surface area contributed by atoms with E-state index < -0.39 is 0 Å². The van der Waals surface area contributed by atoms with Crippen LogP contribution in [0.25, 0.3) is 28.2 Å². The van der Waals surface area contributed by atoms with Gasteiger partial charge in [0.2, 0.25) is 0 Å². The smallest absolute Gasteiger partial charge is 0.161 e. The summed E-state index contributed by atoms with van der Waals surface area (Å²) in [5, 5.41) is 5.55. The first-order valence-corrected chi connectivity index (χ1v) is 10.3. The minimum absolute atomic E-state index is 0.638. The molecule has 0 unspecified atom stereocenters. The third kappa shape index (κ3) is 4.09. The Hall–Kier alpha value is -3.64. The van der Waals surface area contributed by atoms with Crippen LogP contribution in [0.4, 0.5) is 0 Å². The van der Waals surface area contributed by atoms with E-state index in [4.69, 9.17) is 35.6 Å². The van der Waals surface area contributed by atoms with Crippen LogP contribution in [0.3, 0.4) is 0 Å². The van der Waals surface area contributed by atoms with Crippen molar-refractivity contribution in [3.8, 4) is 51.2 Å². The van der Waals surface area contributed by atoms with E-state index >= 15 is 0 Å². The van der Waals surface area contributed by atoms with Gasteiger partial charge in [0.15, 0.2) is 23.0 Å². The molecule has 0 aliphatic carbocycles. The van der Waals surface area contributed by atoms with Gasteiger partial charge in [0.25, 0.3) is 0 Å². The molecule has 0 amide bonds. The van der Waals surface area contributed by atoms with Crippen LogP contribution in [-0.4, -0.2) is 38.2 Å². The van der Waals surface area contributed by atoms with Gasteiger partial charge in [-0.1, -0.05) is 11.6 Å². The van der Waals surface area contributed by atoms with E-state index in [2.05, 4.69) is 0 Å². The average Bonchev–Trinajstić information content (AvgIpc) is 3.29. The van der Waals surface area contributed by atoms with Gasteiger partial charge in [0.05, 0.1) is 45.5 Å². The van der Waals surface area contributed by atoms with Crippen LogP contribution < -0.4 is 18.9 Å². The van der Waals surface area contributed by atoms with Crippen molar-refractivity contribution in [3.05, 3.63) is 71.8 Å². The maximum absolute atomic E-state index is 6.11. The zero-order valence-electron chi connectivity index (χ0n) is 18.3. The molecule has 4 rings (SSSR count). The third-order valence-electron chi connectivity index (χ3n) is 5.14. The SMILES string of the molecule is COc1ccc(-c2cc(-c3ccc(OC)c(OC)c3)n(-c3ccc(Cl)cc3)n2)cc1OC. The van der Waals surface area contributed by atoms with E-state index in [1.54, 1.807) is 28.4 Å². The molecule has 0 saturated heterocycles. The molecule has 0 spiro atoms. The summed E-state index contributed by atoms with van der Waals surface area (Å²) in [5.41, 5.74) is 4.38. The lowest BCUT2D eigenvalue weighted by Crippen LogP contribution is -1.99. The predicted molar refractivity (Wildman–Crippen MR) is 126 cm³/mol. The van der Waals surface area contributed by atoms with Gasteiger partial charge in [-0.2, -0.15) is 5.10 Å². The Morgan fingerprint density at radius 3 is 1.72 bits per heavy atom. The van der Waals surface area contributed by atoms with E-state index in [9.17, 15) is 0 Å². The number of halogens is 1. The molecule has 0 atom stereocenters. The normalized spacial score (nSPS) is 10.7. The van der Waals surface area contributed by atoms with E-state index in [-0.39, 0.29) is 0 Å². The predicted octanol–water partition coefficient (Wildman–Crippen LogP) is 5.89. The number of nitrogens with zero attached hydrogens (tertiary/aromatic N) is 2. The Labute approximate surface area is 191 Å². The van der Waals surface area contributed by atoms with Gasteiger partial charge in [-0.15, -0.1) is 0 Å². The molecule has 0 saturated carbocycles. The number of rotatable bonds is 7. The topological polar surface area (TPSA) is 54.7 Å². The van der Waals surface area contributed by atoms with Crippen molar-refractivity contribution in [1.29, 1.82) is 0 Å². The highest BCUT2D eigenvalue weighted by atomic mass is 35.5. The van der Waals surface area contributed by atoms with Crippen LogP contribution in [-0.2, 0) is 0 Å². The summed E-state index contributed by atoms with van der Waals surface area (Å²) in [6.07, 6.45) is 0. The molecule has 0 aliphatic heterocycles. The van der Waals surface area contributed by atoms with Crippen molar-refractivity contribution < 1.29 is 18.9 Å². The maximum atomic E-state index is 6.11. The number of aromatic nitrogens is 2. The monoisotopic (exact) mass is 450 g/mol. The molecule has 6 nitrogen and oxygen atoms in total. The summed E-state index contributed by atoms with van der Waals surface area (Å²) in [4.78, 5) is 0. The highest BCUT2D eigenvalue weighted by Crippen LogP contribution is 2.37. The van der Waals surface area contributed by atoms with Gasteiger partial charge in [0.1, 0.15) is 0 Å². The van der Waals surface area contributed by atoms with Crippen molar-refractivity contribution in [1.82, 2.24) is 9.78 Å². The molecular weight excluding hydrogens is 428 g/mol. The summed E-state index contributed by atoms with van der Waals surface area (Å²) in [7, 11) is 6.46. The summed E-state index contributed by atoms with van der Waals surface area (Å²) in [6, 6.07) is 21.1. The quantitative estimate of drug-likeness (QED) is 0.351. The molecular formula is C25H23ClN2O4. The van der Waals surface area contributed by atoms with Gasteiger partial charge in [-0.25, -0.2) is 4.68 Å². The van der Waals surface area contributed by atoms with E-state index in [1.165, 1.54) is 0 Å². The first-order valence-electron chi connectivity index (χ1n) is 9.88. The highest BCUT2D eigenvalue weighted by molar-refractivity contribution is 6.30. The first kappa shape index (κ1) is 21.6. The maximum Gasteiger partial charge on any atom is 0.161 e. The fourth-order valence-electron chi connectivity index (χ4n) is 3.50. The number of ether oxygens (including phenoxy) is 4. The Morgan fingerprint density at radius 1 is 0.625 bits per heavy atom. The zero-order valence-corrected chi connectivity index (χ0v) is 19.0. The second-order valence-corrected chi connectivity index (χ2v) is 7.38. The molecule has 164 valence electrons. The molecule has 0 radical (unpaired) electrons. The van der Waals surface area contributed by atoms with Gasteiger partial charge in [0, 0.05) is 16.1 Å². The molecule has 0 fully saturated rings. The van der Waals surface area contributed by atoms with Crippen molar-refractivity contribution in [2.75, 3.05) is 28.4 Å². The first-order chi connectivity index (χ1) is 15.6. The minimum atomic E-state index is 0.638. The summed E-state index contributed by atoms with van der Waals surface area (Å²) in [5.74, 6) is 2.60. The van der Waals surface area contributed by atoms with Gasteiger partial charge < -0.3 is 18.9 Å². The lowest BCUT2D eigenvalue weighted by atomic mass is 10.1. The van der Waals surface area contributed by atoms with E-state index in [1.807, 2.05) is 71.4 Å². The lowest BCUT2D eigenvalue weighted by Gasteiger charge is -2.11. The lowest BCUT2D eigenvalue weighted by molar-refractivity contribution is 0.355. The van der Waals surface area contributed by atoms with Crippen LogP contribution >= 0.6 is 11.6 Å². The van der Waals surface area contributed by atoms with Crippen LogP contribution in [0, 0.1) is 0 Å². The number of hydrogen-bond acceptors (Lipinski definition) is 5. The van der Waals surface area contributed by atoms with Crippen molar-refractivity contribution in [2.45, 2.75) is 0 Å². The molecule has 7 heteroatoms. The van der Waals surface area contributed by atoms with Crippen molar-refractivity contribution >= 4 is 11.6 Å². The van der Waals surface area contributed by atoms with Gasteiger partial charge in [-0.05, 0) is 66.7 Å². The fraction of sp³-hybridized carbons (Fsp3) is 0.160. The number of methoxy groups -OCH3 is 4. The number of hydrogen-bond donors (Lipinski definition) is 0. The van der Waals surface area contributed by atoms with Crippen molar-refractivity contribution in [2.24, 2.45) is 0 Å². The standard InChI is InChI=1S/C25H23ClN2O4/c1-29-22-11-5-16(13-24(22)31-3)20-15-21(17-6-12-23(30-2)25(14-17)32-4)28(27-20)19-9-7-18(26)8-10-19/h5-15H,1-4H3. The fourth-order valence-corrected chi connectivity index (χ4v) is 3.62. The number of benzene rings is 3. The molecule has 1 heterocycles. The molecule has 3 aromatic carbocycles. The molecule has 4 aromatic rings. The van der Waals surface area contributed by atoms with E-state index in [0.29, 0.717) is 28.0 Å². The summed E-state index contributed by atoms with van der Waals surface area (Å²) >= 11 is 6.11. The van der Waals surface area contributed by atoms with Crippen LogP contribution in [0.2, 0.25) is 5.02 Å². The van der Waals surface area contributed by atoms with Gasteiger partial charge in [-0.3, -0.25) is 0 Å². The average molecular weight is 451 g/mol. The van der Waals surface area contributed by atoms with Gasteiger partial charge >= 0.3 is 0 Å². The molecule has 0 bridgehead atoms. The molecule has 1 aromatic heterocycles. The summed E-state index contributed by atoms with van der Waals surface area (Å²) < 4.78 is 23.6. The molecule has 0 N–H and O–H groups in total. The van der Waals surface area contributed by atoms with E-state index in [0.717, 1.165) is 28.2 Å².